The summed E-state index contributed by atoms with van der Waals surface area (Å²) >= 11 is 20.6. The van der Waals surface area contributed by atoms with Crippen molar-refractivity contribution in [1.29, 1.82) is 0 Å². The van der Waals surface area contributed by atoms with Crippen molar-refractivity contribution in [3.63, 3.8) is 0 Å². The van der Waals surface area contributed by atoms with Crippen LogP contribution in [0.3, 0.4) is 0 Å². The largest absolute Gasteiger partial charge is 0.387 e. The fourth-order valence-corrected chi connectivity index (χ4v) is 8.61. The van der Waals surface area contributed by atoms with E-state index in [0.717, 1.165) is 0 Å². The van der Waals surface area contributed by atoms with Crippen LogP contribution < -0.4 is 5.73 Å². The van der Waals surface area contributed by atoms with Crippen LogP contribution in [0, 0.1) is 0 Å². The molecule has 23 heteroatoms. The number of hydrogen-bond acceptors (Lipinski definition) is 15. The molecule has 6 heterocycles. The Morgan fingerprint density at radius 2 is 1.40 bits per heavy atom. The van der Waals surface area contributed by atoms with Crippen molar-refractivity contribution >= 4 is 89.3 Å². The lowest BCUT2D eigenvalue weighted by Gasteiger charge is -2.26. The molecule has 45 heavy (non-hydrogen) atoms. The number of thiol groups is 2. The Labute approximate surface area is 273 Å². The molecule has 4 N–H and O–H groups in total. The number of halogens is 2. The second-order valence-corrected chi connectivity index (χ2v) is 16.8. The number of nitrogens with zero attached hydrogens (tertiary/aromatic N) is 6. The van der Waals surface area contributed by atoms with Crippen LogP contribution in [0.1, 0.15) is 12.5 Å². The first kappa shape index (κ1) is 32.0. The highest BCUT2D eigenvalue weighted by Gasteiger charge is 2.53. The van der Waals surface area contributed by atoms with E-state index in [2.05, 4.69) is 44.4 Å². The minimum atomic E-state index is -4.30. The Morgan fingerprint density at radius 1 is 0.844 bits per heavy atom. The van der Waals surface area contributed by atoms with Gasteiger partial charge in [-0.25, -0.2) is 29.1 Å². The second-order valence-electron chi connectivity index (χ2n) is 10.3. The van der Waals surface area contributed by atoms with E-state index in [4.69, 9.17) is 56.5 Å². The van der Waals surface area contributed by atoms with Gasteiger partial charge in [-0.3, -0.25) is 22.7 Å². The minimum absolute atomic E-state index is 0.0897. The van der Waals surface area contributed by atoms with Gasteiger partial charge in [0, 0.05) is 0 Å². The second kappa shape index (κ2) is 11.9. The summed E-state index contributed by atoms with van der Waals surface area (Å²) in [7, 11) is 0. The summed E-state index contributed by atoms with van der Waals surface area (Å²) in [6, 6.07) is 3.07. The number of hydrogen-bond donors (Lipinski definition) is 5. The Balaban J connectivity index is 1.22. The third kappa shape index (κ3) is 5.91. The van der Waals surface area contributed by atoms with Crippen molar-refractivity contribution in [2.75, 3.05) is 18.9 Å². The van der Waals surface area contributed by atoms with Crippen molar-refractivity contribution in [2.24, 2.45) is 0 Å². The van der Waals surface area contributed by atoms with E-state index in [1.807, 2.05) is 0 Å². The number of anilines is 1. The normalized spacial score (nSPS) is 37.7. The van der Waals surface area contributed by atoms with E-state index < -0.39 is 75.9 Å². The lowest BCUT2D eigenvalue weighted by Crippen LogP contribution is -2.37. The maximum Gasteiger partial charge on any atom is 0.386 e. The smallest absolute Gasteiger partial charge is 0.386 e. The summed E-state index contributed by atoms with van der Waals surface area (Å²) < 4.78 is 64.5. The van der Waals surface area contributed by atoms with Crippen LogP contribution in [-0.2, 0) is 36.7 Å². The quantitative estimate of drug-likeness (QED) is 0.147. The molecular weight excluding hydrogens is 719 g/mol. The molecule has 3 aliphatic heterocycles. The minimum Gasteiger partial charge on any atom is -0.387 e. The number of nitrogen functional groups attached to an aromatic ring is 1. The molecule has 10 atom stereocenters. The van der Waals surface area contributed by atoms with Gasteiger partial charge in [0.25, 0.3) is 0 Å². The Hall–Kier alpha value is -1.54. The Kier molecular flexibility index (Phi) is 8.44. The first-order valence-electron chi connectivity index (χ1n) is 13.0. The summed E-state index contributed by atoms with van der Waals surface area (Å²) in [5.41, 5.74) is 7.27. The van der Waals surface area contributed by atoms with Crippen molar-refractivity contribution < 1.29 is 46.9 Å². The van der Waals surface area contributed by atoms with E-state index >= 15 is 0 Å². The molecule has 3 aromatic heterocycles. The van der Waals surface area contributed by atoms with Crippen molar-refractivity contribution in [3.05, 3.63) is 41.2 Å². The molecule has 0 saturated carbocycles. The van der Waals surface area contributed by atoms with Gasteiger partial charge in [-0.1, -0.05) is 47.7 Å². The summed E-state index contributed by atoms with van der Waals surface area (Å²) in [5, 5.41) is 22.9. The monoisotopic (exact) mass is 741 g/mol. The lowest BCUT2D eigenvalue weighted by molar-refractivity contribution is -0.0583. The average Bonchev–Trinajstić information content (AvgIpc) is 3.73. The topological polar surface area (TPSA) is 217 Å². The van der Waals surface area contributed by atoms with Crippen LogP contribution in [0.2, 0.25) is 10.0 Å². The fourth-order valence-electron chi connectivity index (χ4n) is 5.37. The Bertz CT molecular complexity index is 1890. The zero-order valence-corrected chi connectivity index (χ0v) is 27.5. The van der Waals surface area contributed by atoms with Crippen LogP contribution in [0.25, 0.3) is 22.2 Å². The number of rotatable bonds is 2. The summed E-state index contributed by atoms with van der Waals surface area (Å²) in [4.78, 5) is 16.6. The molecule has 17 nitrogen and oxygen atoms in total. The highest BCUT2D eigenvalue weighted by molar-refractivity contribution is 8.44. The number of aliphatic hydroxyl groups is 2. The standard InChI is InChI=1S/C22H23Cl2N7O10P2S2/c23-8-1-10-11(2-9(8)24)30(6-28-10)21-17-15(32)12(38-21)3-36-43(35,45)41-18-16(33)13(4-37-42(34,44)40-17)39-22(18)31-7-29-14-19(25)26-5-27-20(14)31/h1-2,5-7,12-13,15-18,21-22,32-33H,3-4H2,(H,34,44)(H,35,45)(H2,25,26,27). The van der Waals surface area contributed by atoms with Crippen molar-refractivity contribution in [1.82, 2.24) is 29.1 Å². The fraction of sp³-hybridized carbons (Fsp3) is 0.455. The van der Waals surface area contributed by atoms with Crippen LogP contribution in [-0.4, -0.2) is 89.1 Å². The molecule has 4 aromatic rings. The van der Waals surface area contributed by atoms with Crippen molar-refractivity contribution in [3.8, 4) is 0 Å². The number of aliphatic hydroxyl groups excluding tert-OH is 2. The zero-order valence-electron chi connectivity index (χ0n) is 22.4. The molecule has 0 spiro atoms. The summed E-state index contributed by atoms with van der Waals surface area (Å²) in [5.74, 6) is 0.0897. The van der Waals surface area contributed by atoms with Gasteiger partial charge in [0.1, 0.15) is 48.5 Å². The molecule has 242 valence electrons. The van der Waals surface area contributed by atoms with E-state index in [1.54, 1.807) is 0 Å². The third-order valence-electron chi connectivity index (χ3n) is 7.49. The predicted octanol–water partition coefficient (Wildman–Crippen LogP) is 3.17. The summed E-state index contributed by atoms with van der Waals surface area (Å²) in [6.07, 6.45) is -6.72. The average molecular weight is 742 g/mol. The van der Waals surface area contributed by atoms with Gasteiger partial charge in [-0.2, -0.15) is 0 Å². The molecule has 3 fully saturated rings. The molecule has 0 amide bonds. The number of ether oxygens (including phenoxy) is 2. The van der Waals surface area contributed by atoms with Crippen LogP contribution >= 0.6 is 61.3 Å². The van der Waals surface area contributed by atoms with Crippen molar-refractivity contribution in [2.45, 2.75) is 49.1 Å². The first-order valence-corrected chi connectivity index (χ1v) is 19.2. The Morgan fingerprint density at radius 3 is 2.02 bits per heavy atom. The number of aromatic nitrogens is 6. The molecule has 4 bridgehead atoms. The van der Waals surface area contributed by atoms with Crippen LogP contribution in [0.15, 0.2) is 31.1 Å². The SMILES string of the molecule is Nc1ncnc2c1ncn2C1OC2COP(=O)(S)OC3C(O)C(COP(=O)(S)OC1C2O)OC3n1cnc2cc(Cl)c(Cl)cc21. The molecular formula is C22H23Cl2N7O10P2S2. The first-order chi connectivity index (χ1) is 21.3. The van der Waals surface area contributed by atoms with Gasteiger partial charge in [0.15, 0.2) is 23.9 Å². The van der Waals surface area contributed by atoms with Gasteiger partial charge < -0.3 is 30.0 Å². The van der Waals surface area contributed by atoms with E-state index in [-0.39, 0.29) is 27.0 Å². The molecule has 0 aliphatic carbocycles. The van der Waals surface area contributed by atoms with Gasteiger partial charge in [0.2, 0.25) is 0 Å². The lowest BCUT2D eigenvalue weighted by atomic mass is 10.1. The maximum absolute atomic E-state index is 13.5. The van der Waals surface area contributed by atoms with Gasteiger partial charge in [-0.05, 0) is 12.1 Å². The molecule has 0 radical (unpaired) electrons. The third-order valence-corrected chi connectivity index (χ3v) is 11.4. The number of fused-ring (bicyclic) bond motifs is 6. The van der Waals surface area contributed by atoms with Gasteiger partial charge in [-0.15, -0.1) is 0 Å². The van der Waals surface area contributed by atoms with E-state index in [0.29, 0.717) is 11.0 Å². The number of benzene rings is 1. The number of imidazole rings is 2. The highest BCUT2D eigenvalue weighted by Crippen LogP contribution is 2.60. The zero-order chi connectivity index (χ0) is 31.8. The van der Waals surface area contributed by atoms with Gasteiger partial charge in [0.05, 0.1) is 46.9 Å². The van der Waals surface area contributed by atoms with E-state index in [1.165, 1.54) is 40.2 Å². The maximum atomic E-state index is 13.5. The molecule has 1 aromatic carbocycles. The van der Waals surface area contributed by atoms with Crippen LogP contribution in [0.4, 0.5) is 5.82 Å². The molecule has 3 saturated heterocycles. The van der Waals surface area contributed by atoms with E-state index in [9.17, 15) is 19.3 Å². The molecule has 7 rings (SSSR count). The summed E-state index contributed by atoms with van der Waals surface area (Å²) in [6.45, 7) is -9.68. The van der Waals surface area contributed by atoms with Crippen LogP contribution in [0.5, 0.6) is 0 Å². The molecule has 10 unspecified atom stereocenters. The van der Waals surface area contributed by atoms with Gasteiger partial charge >= 0.3 is 13.6 Å². The highest BCUT2D eigenvalue weighted by atomic mass is 35.5. The number of nitrogens with two attached hydrogens (primary N) is 1. The predicted molar refractivity (Wildman–Crippen MR) is 164 cm³/mol. The molecule has 3 aliphatic rings.